The minimum atomic E-state index is -0.713. The molecule has 0 spiro atoms. The zero-order valence-corrected chi connectivity index (χ0v) is 16.8. The molecule has 0 saturated carbocycles. The molecule has 0 amide bonds. The molecule has 0 aliphatic rings. The summed E-state index contributed by atoms with van der Waals surface area (Å²) in [5.74, 6) is -0.546. The molecule has 1 aromatic heterocycles. The lowest BCUT2D eigenvalue weighted by Gasteiger charge is -2.06. The Hall–Kier alpha value is -4.00. The number of Topliss-reactive ketones (excluding diaryl/α,β-unsaturated/α-hetero) is 1. The molecule has 0 atom stereocenters. The lowest BCUT2D eigenvalue weighted by atomic mass is 10.1. The molecule has 0 aliphatic heterocycles. The number of nitrogens with zero attached hydrogens (tertiary/aromatic N) is 1. The fraction of sp³-hybridized carbons (Fsp3) is 0.125. The number of ketones is 1. The first-order chi connectivity index (χ1) is 15.0. The van der Waals surface area contributed by atoms with Gasteiger partial charge in [0, 0.05) is 17.8 Å². The number of rotatable bonds is 9. The molecule has 7 heteroatoms. The van der Waals surface area contributed by atoms with Crippen molar-refractivity contribution in [2.45, 2.75) is 6.92 Å². The number of benzene rings is 2. The molecule has 2 aromatic carbocycles. The molecule has 0 bridgehead atoms. The summed E-state index contributed by atoms with van der Waals surface area (Å²) in [4.78, 5) is 27.9. The van der Waals surface area contributed by atoms with Gasteiger partial charge in [-0.3, -0.25) is 9.78 Å². The molecule has 1 heterocycles. The highest BCUT2D eigenvalue weighted by Crippen LogP contribution is 2.24. The van der Waals surface area contributed by atoms with Crippen LogP contribution in [0.15, 0.2) is 73.1 Å². The number of aromatic nitrogens is 1. The molecule has 0 fully saturated rings. The third-order valence-corrected chi connectivity index (χ3v) is 4.06. The van der Waals surface area contributed by atoms with Crippen LogP contribution in [-0.2, 0) is 9.53 Å². The van der Waals surface area contributed by atoms with E-state index in [0.29, 0.717) is 29.2 Å². The van der Waals surface area contributed by atoms with Crippen LogP contribution in [0.4, 0.5) is 4.39 Å². The maximum absolute atomic E-state index is 14.2. The zero-order valence-electron chi connectivity index (χ0n) is 16.8. The quantitative estimate of drug-likeness (QED) is 0.279. The lowest BCUT2D eigenvalue weighted by molar-refractivity contribution is -0.136. The minimum Gasteiger partial charge on any atom is -0.494 e. The number of pyridine rings is 1. The van der Waals surface area contributed by atoms with E-state index in [0.717, 1.165) is 6.08 Å². The minimum absolute atomic E-state index is 0.0358. The molecule has 0 saturated heterocycles. The number of ether oxygens (including phenoxy) is 3. The van der Waals surface area contributed by atoms with Crippen LogP contribution in [0.1, 0.15) is 22.8 Å². The molecule has 0 aliphatic carbocycles. The molecular formula is C24H20FNO5. The summed E-state index contributed by atoms with van der Waals surface area (Å²) in [6.07, 6.45) is 5.57. The second-order valence-corrected chi connectivity index (χ2v) is 6.30. The molecule has 0 radical (unpaired) electrons. The molecule has 3 aromatic rings. The largest absolute Gasteiger partial charge is 0.494 e. The Morgan fingerprint density at radius 3 is 2.55 bits per heavy atom. The van der Waals surface area contributed by atoms with Crippen molar-refractivity contribution in [3.8, 4) is 17.2 Å². The molecular weight excluding hydrogens is 401 g/mol. The predicted octanol–water partition coefficient (Wildman–Crippen LogP) is 4.85. The van der Waals surface area contributed by atoms with Gasteiger partial charge in [0.1, 0.15) is 11.5 Å². The van der Waals surface area contributed by atoms with Gasteiger partial charge in [-0.2, -0.15) is 0 Å². The van der Waals surface area contributed by atoms with E-state index < -0.39 is 18.4 Å². The van der Waals surface area contributed by atoms with Crippen molar-refractivity contribution in [2.75, 3.05) is 13.2 Å². The van der Waals surface area contributed by atoms with Gasteiger partial charge in [-0.25, -0.2) is 9.18 Å². The standard InChI is InChI=1S/C24H20FNO5/c1-2-29-19-9-7-18(8-10-19)22(27)16-30-24(28)12-6-17-5-11-23(21(25)14-17)31-20-4-3-13-26-15-20/h3-15H,2,16H2,1H3/b12-6+. The second-order valence-electron chi connectivity index (χ2n) is 6.30. The van der Waals surface area contributed by atoms with Crippen LogP contribution in [0.25, 0.3) is 6.08 Å². The molecule has 0 unspecified atom stereocenters. The van der Waals surface area contributed by atoms with Crippen molar-refractivity contribution < 1.29 is 28.2 Å². The number of halogens is 1. The summed E-state index contributed by atoms with van der Waals surface area (Å²) in [5, 5.41) is 0. The van der Waals surface area contributed by atoms with Crippen LogP contribution < -0.4 is 9.47 Å². The van der Waals surface area contributed by atoms with Gasteiger partial charge in [0.2, 0.25) is 0 Å². The molecule has 6 nitrogen and oxygen atoms in total. The van der Waals surface area contributed by atoms with Crippen LogP contribution in [0.3, 0.4) is 0 Å². The Morgan fingerprint density at radius 2 is 1.87 bits per heavy atom. The Morgan fingerprint density at radius 1 is 1.06 bits per heavy atom. The fourth-order valence-corrected chi connectivity index (χ4v) is 2.57. The van der Waals surface area contributed by atoms with Crippen molar-refractivity contribution in [3.05, 3.63) is 90.0 Å². The van der Waals surface area contributed by atoms with E-state index in [9.17, 15) is 14.0 Å². The van der Waals surface area contributed by atoms with Gasteiger partial charge in [0.15, 0.2) is 24.0 Å². The van der Waals surface area contributed by atoms with Gasteiger partial charge in [-0.15, -0.1) is 0 Å². The van der Waals surface area contributed by atoms with Gasteiger partial charge in [-0.05, 0) is 67.1 Å². The van der Waals surface area contributed by atoms with Gasteiger partial charge in [0.25, 0.3) is 0 Å². The smallest absolute Gasteiger partial charge is 0.331 e. The number of carbonyl (C=O) groups excluding carboxylic acids is 2. The van der Waals surface area contributed by atoms with E-state index in [2.05, 4.69) is 4.98 Å². The average Bonchev–Trinajstić information content (AvgIpc) is 2.79. The van der Waals surface area contributed by atoms with Crippen molar-refractivity contribution in [3.63, 3.8) is 0 Å². The van der Waals surface area contributed by atoms with E-state index in [1.165, 1.54) is 24.4 Å². The normalized spacial score (nSPS) is 10.6. The summed E-state index contributed by atoms with van der Waals surface area (Å²) < 4.78 is 29.9. The van der Waals surface area contributed by atoms with Crippen LogP contribution in [0.2, 0.25) is 0 Å². The highest BCUT2D eigenvalue weighted by molar-refractivity contribution is 5.99. The highest BCUT2D eigenvalue weighted by Gasteiger charge is 2.09. The average molecular weight is 421 g/mol. The maximum atomic E-state index is 14.2. The van der Waals surface area contributed by atoms with Crippen molar-refractivity contribution in [1.29, 1.82) is 0 Å². The van der Waals surface area contributed by atoms with Crippen molar-refractivity contribution >= 4 is 17.8 Å². The molecule has 158 valence electrons. The van der Waals surface area contributed by atoms with E-state index in [1.807, 2.05) is 6.92 Å². The van der Waals surface area contributed by atoms with Crippen molar-refractivity contribution in [2.24, 2.45) is 0 Å². The number of esters is 1. The Balaban J connectivity index is 1.52. The van der Waals surface area contributed by atoms with Crippen LogP contribution in [-0.4, -0.2) is 30.0 Å². The summed E-state index contributed by atoms with van der Waals surface area (Å²) >= 11 is 0. The third kappa shape index (κ3) is 6.50. The van der Waals surface area contributed by atoms with E-state index >= 15 is 0 Å². The van der Waals surface area contributed by atoms with Crippen LogP contribution >= 0.6 is 0 Å². The Kier molecular flexibility index (Phi) is 7.48. The first-order valence-electron chi connectivity index (χ1n) is 9.53. The first kappa shape index (κ1) is 21.7. The monoisotopic (exact) mass is 421 g/mol. The molecule has 3 rings (SSSR count). The summed E-state index contributed by atoms with van der Waals surface area (Å²) in [5.41, 5.74) is 0.845. The Labute approximate surface area is 178 Å². The van der Waals surface area contributed by atoms with Gasteiger partial charge in [-0.1, -0.05) is 6.07 Å². The third-order valence-electron chi connectivity index (χ3n) is 4.06. The van der Waals surface area contributed by atoms with E-state index in [1.54, 1.807) is 48.7 Å². The van der Waals surface area contributed by atoms with E-state index in [-0.39, 0.29) is 11.5 Å². The highest BCUT2D eigenvalue weighted by atomic mass is 19.1. The Bertz CT molecular complexity index is 1070. The maximum Gasteiger partial charge on any atom is 0.331 e. The number of hydrogen-bond donors (Lipinski definition) is 0. The van der Waals surface area contributed by atoms with Crippen LogP contribution in [0.5, 0.6) is 17.2 Å². The topological polar surface area (TPSA) is 74.7 Å². The number of carbonyl (C=O) groups is 2. The molecule has 31 heavy (non-hydrogen) atoms. The summed E-state index contributed by atoms with van der Waals surface area (Å²) in [6, 6.07) is 14.2. The second kappa shape index (κ2) is 10.7. The first-order valence-corrected chi connectivity index (χ1v) is 9.53. The SMILES string of the molecule is CCOc1ccc(C(=O)COC(=O)/C=C/c2ccc(Oc3cccnc3)c(F)c2)cc1. The van der Waals surface area contributed by atoms with Gasteiger partial charge >= 0.3 is 5.97 Å². The lowest BCUT2D eigenvalue weighted by Crippen LogP contribution is -2.12. The predicted molar refractivity (Wildman–Crippen MR) is 113 cm³/mol. The van der Waals surface area contributed by atoms with Crippen LogP contribution in [0, 0.1) is 5.82 Å². The van der Waals surface area contributed by atoms with Crippen molar-refractivity contribution in [1.82, 2.24) is 4.98 Å². The van der Waals surface area contributed by atoms with E-state index in [4.69, 9.17) is 14.2 Å². The number of hydrogen-bond acceptors (Lipinski definition) is 6. The zero-order chi connectivity index (χ0) is 22.1. The molecule has 0 N–H and O–H groups in total. The summed E-state index contributed by atoms with van der Waals surface area (Å²) in [7, 11) is 0. The fourth-order valence-electron chi connectivity index (χ4n) is 2.57. The summed E-state index contributed by atoms with van der Waals surface area (Å²) in [6.45, 7) is 2.00. The van der Waals surface area contributed by atoms with Gasteiger partial charge < -0.3 is 14.2 Å². The van der Waals surface area contributed by atoms with Gasteiger partial charge in [0.05, 0.1) is 12.8 Å².